The molecule has 0 heterocycles. The zero-order valence-electron chi connectivity index (χ0n) is 22.3. The molecule has 0 aromatic heterocycles. The van der Waals surface area contributed by atoms with Crippen LogP contribution >= 0.6 is 0 Å². The summed E-state index contributed by atoms with van der Waals surface area (Å²) in [4.78, 5) is 50.7. The minimum atomic E-state index is -2.27. The highest BCUT2D eigenvalue weighted by Crippen LogP contribution is 2.26. The van der Waals surface area contributed by atoms with Crippen LogP contribution < -0.4 is 20.7 Å². The topological polar surface area (TPSA) is 151 Å². The smallest absolute Gasteiger partial charge is 0.313 e. The number of benzene rings is 2. The van der Waals surface area contributed by atoms with Gasteiger partial charge in [0.2, 0.25) is 17.5 Å². The van der Waals surface area contributed by atoms with Crippen LogP contribution in [0.2, 0.25) is 0 Å². The summed E-state index contributed by atoms with van der Waals surface area (Å²) in [6.07, 6.45) is -0.427. The SMILES string of the molecule is CC(C)C[C@H](NC(=O)C(=O)Nc1ccccc1F)C(=O)N[C@@H](CCCS(=O)O)C(=O)COc1c(F)c(F)cc(F)c1F. The standard InChI is InChI=1S/C26H28F5N3O7S/c1-13(2)10-19(34-26(38)25(37)32-17-7-4-3-6-14(17)27)24(36)33-18(8-5-9-42(39)40)20(35)12-41-23-21(30)15(28)11-16(29)22(23)31/h3-4,6-7,11,13,18-19H,5,8-10,12H2,1-2H3,(H,32,37)(H,33,36)(H,34,38)(H,39,40)/t18-,19-/m0/s1. The Kier molecular flexibility index (Phi) is 13.0. The fourth-order valence-electron chi connectivity index (χ4n) is 3.59. The molecule has 1 unspecified atom stereocenters. The van der Waals surface area contributed by atoms with Gasteiger partial charge in [-0.25, -0.2) is 17.4 Å². The summed E-state index contributed by atoms with van der Waals surface area (Å²) in [5.41, 5.74) is -0.291. The number of Topliss-reactive ketones (excluding diaryl/α,β-unsaturated/α-hetero) is 1. The Morgan fingerprint density at radius 1 is 0.905 bits per heavy atom. The summed E-state index contributed by atoms with van der Waals surface area (Å²) in [5, 5.41) is 6.55. The molecule has 2 aromatic carbocycles. The number of carbonyl (C=O) groups is 4. The molecule has 0 saturated heterocycles. The van der Waals surface area contributed by atoms with Gasteiger partial charge in [0, 0.05) is 11.8 Å². The van der Waals surface area contributed by atoms with E-state index in [4.69, 9.17) is 4.55 Å². The van der Waals surface area contributed by atoms with Crippen molar-refractivity contribution in [3.05, 3.63) is 59.4 Å². The van der Waals surface area contributed by atoms with Crippen molar-refractivity contribution in [2.45, 2.75) is 45.2 Å². The number of hydrogen-bond donors (Lipinski definition) is 4. The van der Waals surface area contributed by atoms with E-state index in [1.807, 2.05) is 0 Å². The van der Waals surface area contributed by atoms with E-state index in [1.54, 1.807) is 13.8 Å². The molecule has 0 saturated carbocycles. The first kappa shape index (κ1) is 34.3. The molecule has 42 heavy (non-hydrogen) atoms. The molecule has 0 spiro atoms. The van der Waals surface area contributed by atoms with Crippen LogP contribution in [0.15, 0.2) is 30.3 Å². The number of ether oxygens (including phenoxy) is 1. The number of halogens is 5. The maximum atomic E-state index is 13.9. The second kappa shape index (κ2) is 15.9. The molecule has 0 bridgehead atoms. The van der Waals surface area contributed by atoms with Crippen LogP contribution in [0.5, 0.6) is 5.75 Å². The predicted molar refractivity (Wildman–Crippen MR) is 140 cm³/mol. The van der Waals surface area contributed by atoms with Gasteiger partial charge in [-0.2, -0.15) is 8.78 Å². The maximum Gasteiger partial charge on any atom is 0.313 e. The first-order valence-corrected chi connectivity index (χ1v) is 13.7. The Balaban J connectivity index is 2.18. The highest BCUT2D eigenvalue weighted by atomic mass is 32.2. The van der Waals surface area contributed by atoms with Gasteiger partial charge in [0.25, 0.3) is 0 Å². The van der Waals surface area contributed by atoms with E-state index in [0.717, 1.165) is 6.07 Å². The third-order valence-corrected chi connectivity index (χ3v) is 6.24. The molecule has 4 N–H and O–H groups in total. The number of hydrogen-bond acceptors (Lipinski definition) is 6. The minimum Gasteiger partial charge on any atom is -0.479 e. The van der Waals surface area contributed by atoms with Crippen LogP contribution in [0.25, 0.3) is 0 Å². The van der Waals surface area contributed by atoms with E-state index in [-0.39, 0.29) is 42.7 Å². The molecule has 2 aromatic rings. The number of rotatable bonds is 14. The van der Waals surface area contributed by atoms with Crippen LogP contribution in [0.3, 0.4) is 0 Å². The van der Waals surface area contributed by atoms with Gasteiger partial charge in [-0.15, -0.1) is 0 Å². The van der Waals surface area contributed by atoms with Crippen molar-refractivity contribution < 1.29 is 54.6 Å². The minimum absolute atomic E-state index is 0.0401. The molecule has 0 aliphatic heterocycles. The predicted octanol–water partition coefficient (Wildman–Crippen LogP) is 2.99. The van der Waals surface area contributed by atoms with Crippen molar-refractivity contribution in [2.75, 3.05) is 17.7 Å². The van der Waals surface area contributed by atoms with Crippen LogP contribution in [0, 0.1) is 35.0 Å². The van der Waals surface area contributed by atoms with Crippen LogP contribution in [0.1, 0.15) is 33.1 Å². The molecule has 0 aliphatic rings. The number of amides is 3. The molecule has 0 radical (unpaired) electrons. The second-order valence-electron chi connectivity index (χ2n) is 9.37. The van der Waals surface area contributed by atoms with E-state index in [0.29, 0.717) is 0 Å². The van der Waals surface area contributed by atoms with Crippen molar-refractivity contribution in [1.82, 2.24) is 10.6 Å². The van der Waals surface area contributed by atoms with Crippen molar-refractivity contribution in [2.24, 2.45) is 5.92 Å². The third-order valence-electron chi connectivity index (χ3n) is 5.60. The third kappa shape index (κ3) is 10.2. The fourth-order valence-corrected chi connectivity index (χ4v) is 4.00. The lowest BCUT2D eigenvalue weighted by molar-refractivity contribution is -0.138. The number of anilines is 1. The van der Waals surface area contributed by atoms with Crippen molar-refractivity contribution >= 4 is 40.3 Å². The van der Waals surface area contributed by atoms with Gasteiger partial charge in [-0.3, -0.25) is 19.2 Å². The first-order valence-electron chi connectivity index (χ1n) is 12.4. The molecule has 230 valence electrons. The molecule has 2 rings (SSSR count). The maximum absolute atomic E-state index is 13.9. The average molecular weight is 622 g/mol. The molecule has 0 aliphatic carbocycles. The quantitative estimate of drug-likeness (QED) is 0.110. The van der Waals surface area contributed by atoms with Gasteiger partial charge >= 0.3 is 11.8 Å². The lowest BCUT2D eigenvalue weighted by Crippen LogP contribution is -2.54. The molecule has 10 nitrogen and oxygen atoms in total. The molecule has 3 atom stereocenters. The summed E-state index contributed by atoms with van der Waals surface area (Å²) in [7, 11) is 0. The highest BCUT2D eigenvalue weighted by Gasteiger charge is 2.30. The Morgan fingerprint density at radius 2 is 1.52 bits per heavy atom. The largest absolute Gasteiger partial charge is 0.479 e. The van der Waals surface area contributed by atoms with Crippen molar-refractivity contribution in [3.8, 4) is 5.75 Å². The van der Waals surface area contributed by atoms with E-state index in [1.165, 1.54) is 18.2 Å². The Hall–Kier alpha value is -3.92. The molecule has 3 amide bonds. The molecule has 0 fully saturated rings. The molecular weight excluding hydrogens is 593 g/mol. The lowest BCUT2D eigenvalue weighted by atomic mass is 10.0. The van der Waals surface area contributed by atoms with E-state index in [9.17, 15) is 45.3 Å². The normalized spacial score (nSPS) is 13.2. The number of carbonyl (C=O) groups excluding carboxylic acids is 4. The van der Waals surface area contributed by atoms with Gasteiger partial charge < -0.3 is 25.2 Å². The van der Waals surface area contributed by atoms with Gasteiger partial charge in [0.1, 0.15) is 18.5 Å². The van der Waals surface area contributed by atoms with Crippen molar-refractivity contribution in [1.29, 1.82) is 0 Å². The Morgan fingerprint density at radius 3 is 2.10 bits per heavy atom. The van der Waals surface area contributed by atoms with E-state index >= 15 is 0 Å². The van der Waals surface area contributed by atoms with Gasteiger partial charge in [-0.1, -0.05) is 26.0 Å². The zero-order valence-corrected chi connectivity index (χ0v) is 23.2. The van der Waals surface area contributed by atoms with E-state index < -0.39 is 88.1 Å². The summed E-state index contributed by atoms with van der Waals surface area (Å²) in [5.74, 6) is -14.8. The Bertz CT molecular complexity index is 1320. The van der Waals surface area contributed by atoms with Crippen LogP contribution in [0.4, 0.5) is 27.6 Å². The average Bonchev–Trinajstić information content (AvgIpc) is 2.91. The number of para-hydroxylation sites is 1. The number of ketones is 1. The van der Waals surface area contributed by atoms with Crippen LogP contribution in [-0.4, -0.2) is 56.7 Å². The zero-order chi connectivity index (χ0) is 31.6. The van der Waals surface area contributed by atoms with Crippen molar-refractivity contribution in [3.63, 3.8) is 0 Å². The fraction of sp³-hybridized carbons (Fsp3) is 0.385. The summed E-state index contributed by atoms with van der Waals surface area (Å²) in [6, 6.07) is 2.04. The Labute approximate surface area is 239 Å². The lowest BCUT2D eigenvalue weighted by Gasteiger charge is -2.24. The monoisotopic (exact) mass is 621 g/mol. The van der Waals surface area contributed by atoms with Gasteiger partial charge in [0.15, 0.2) is 34.2 Å². The van der Waals surface area contributed by atoms with E-state index in [2.05, 4.69) is 20.7 Å². The van der Waals surface area contributed by atoms with Gasteiger partial charge in [-0.05, 0) is 37.3 Å². The first-order chi connectivity index (χ1) is 19.7. The summed E-state index contributed by atoms with van der Waals surface area (Å²) < 4.78 is 93.4. The van der Waals surface area contributed by atoms with Crippen LogP contribution in [-0.2, 0) is 30.3 Å². The highest BCUT2D eigenvalue weighted by molar-refractivity contribution is 7.79. The number of nitrogens with one attached hydrogen (secondary N) is 3. The molecule has 16 heteroatoms. The van der Waals surface area contributed by atoms with Gasteiger partial charge in [0.05, 0.1) is 11.7 Å². The molecular formula is C26H28F5N3O7S. The summed E-state index contributed by atoms with van der Waals surface area (Å²) in [6.45, 7) is 2.19. The second-order valence-corrected chi connectivity index (χ2v) is 10.4. The summed E-state index contributed by atoms with van der Waals surface area (Å²) >= 11 is -2.27.